The van der Waals surface area contributed by atoms with Crippen LogP contribution in [0.15, 0.2) is 60.7 Å². The van der Waals surface area contributed by atoms with E-state index in [9.17, 15) is 9.59 Å². The van der Waals surface area contributed by atoms with Crippen LogP contribution in [0, 0.1) is 23.7 Å². The molecule has 0 saturated heterocycles. The van der Waals surface area contributed by atoms with Crippen molar-refractivity contribution >= 4 is 11.9 Å². The van der Waals surface area contributed by atoms with E-state index in [4.69, 9.17) is 9.47 Å². The van der Waals surface area contributed by atoms with Gasteiger partial charge in [0.1, 0.15) is 0 Å². The predicted octanol–water partition coefficient (Wildman–Crippen LogP) is 7.90. The average Bonchev–Trinajstić information content (AvgIpc) is 2.96. The summed E-state index contributed by atoms with van der Waals surface area (Å²) in [6, 6.07) is 21.0. The Morgan fingerprint density at radius 1 is 0.548 bits per heavy atom. The maximum atomic E-state index is 12.3. The summed E-state index contributed by atoms with van der Waals surface area (Å²) in [5, 5.41) is 7.07. The minimum Gasteiger partial charge on any atom is -0.469 e. The van der Waals surface area contributed by atoms with Crippen molar-refractivity contribution in [2.24, 2.45) is 23.7 Å². The summed E-state index contributed by atoms with van der Waals surface area (Å²) >= 11 is 0. The summed E-state index contributed by atoms with van der Waals surface area (Å²) in [5.74, 6) is 0.597. The molecule has 0 unspecified atom stereocenters. The molecule has 0 aliphatic heterocycles. The normalized spacial score (nSPS) is 14.2. The topological polar surface area (TPSA) is 76.7 Å². The second-order valence-electron chi connectivity index (χ2n) is 12.6. The molecular formula is C36H58N2O4. The van der Waals surface area contributed by atoms with E-state index in [2.05, 4.69) is 90.3 Å². The van der Waals surface area contributed by atoms with Crippen molar-refractivity contribution in [1.29, 1.82) is 0 Å². The fourth-order valence-corrected chi connectivity index (χ4v) is 5.10. The van der Waals surface area contributed by atoms with Crippen LogP contribution in [0.4, 0.5) is 0 Å². The van der Waals surface area contributed by atoms with Gasteiger partial charge in [-0.05, 0) is 35.8 Å². The molecule has 0 bridgehead atoms. The van der Waals surface area contributed by atoms with E-state index >= 15 is 0 Å². The number of nitrogens with one attached hydrogen (secondary N) is 2. The Morgan fingerprint density at radius 3 is 1.10 bits per heavy atom. The third-order valence-electron chi connectivity index (χ3n) is 7.27. The summed E-state index contributed by atoms with van der Waals surface area (Å²) in [7, 11) is 2.95. The Balaban J connectivity index is 0.000000420. The predicted molar refractivity (Wildman–Crippen MR) is 174 cm³/mol. The van der Waals surface area contributed by atoms with Gasteiger partial charge in [-0.25, -0.2) is 0 Å². The van der Waals surface area contributed by atoms with Gasteiger partial charge in [-0.15, -0.1) is 0 Å². The van der Waals surface area contributed by atoms with Crippen LogP contribution in [-0.4, -0.2) is 38.2 Å². The molecule has 0 radical (unpaired) electrons. The first-order valence-corrected chi connectivity index (χ1v) is 15.7. The molecule has 0 amide bonds. The number of hydrogen-bond acceptors (Lipinski definition) is 6. The molecule has 0 heterocycles. The minimum absolute atomic E-state index is 0.00241. The average molecular weight is 583 g/mol. The van der Waals surface area contributed by atoms with Gasteiger partial charge in [0.15, 0.2) is 0 Å². The van der Waals surface area contributed by atoms with Gasteiger partial charge >= 0.3 is 11.9 Å². The summed E-state index contributed by atoms with van der Waals surface area (Å²) in [4.78, 5) is 24.5. The second kappa shape index (κ2) is 20.2. The molecule has 236 valence electrons. The minimum atomic E-state index is -0.151. The van der Waals surface area contributed by atoms with E-state index < -0.39 is 0 Å². The molecule has 0 fully saturated rings. The molecule has 0 aliphatic rings. The fourth-order valence-electron chi connectivity index (χ4n) is 5.10. The Bertz CT molecular complexity index is 910. The first-order chi connectivity index (χ1) is 19.9. The summed E-state index contributed by atoms with van der Waals surface area (Å²) in [6.45, 7) is 17.1. The van der Waals surface area contributed by atoms with Crippen LogP contribution >= 0.6 is 0 Å². The molecule has 2 N–H and O–H groups in total. The number of carbonyl (C=O) groups excluding carboxylic acids is 2. The number of rotatable bonds is 16. The van der Waals surface area contributed by atoms with Gasteiger partial charge < -0.3 is 20.1 Å². The maximum Gasteiger partial charge on any atom is 0.310 e. The highest BCUT2D eigenvalue weighted by Gasteiger charge is 2.31. The number of esters is 2. The second-order valence-corrected chi connectivity index (χ2v) is 12.6. The number of benzene rings is 2. The number of carbonyl (C=O) groups is 2. The highest BCUT2D eigenvalue weighted by atomic mass is 16.5. The smallest absolute Gasteiger partial charge is 0.310 e. The highest BCUT2D eigenvalue weighted by molar-refractivity contribution is 5.74. The number of methoxy groups -OCH3 is 2. The van der Waals surface area contributed by atoms with Gasteiger partial charge in [-0.3, -0.25) is 9.59 Å². The number of hydrogen-bond donors (Lipinski definition) is 2. The molecule has 0 aliphatic carbocycles. The van der Waals surface area contributed by atoms with Crippen molar-refractivity contribution in [3.8, 4) is 0 Å². The van der Waals surface area contributed by atoms with Crippen molar-refractivity contribution in [2.75, 3.05) is 14.2 Å². The van der Waals surface area contributed by atoms with Crippen LogP contribution < -0.4 is 10.6 Å². The molecule has 0 aromatic heterocycles. The Morgan fingerprint density at radius 2 is 0.857 bits per heavy atom. The van der Waals surface area contributed by atoms with Gasteiger partial charge in [0.05, 0.1) is 26.1 Å². The zero-order valence-electron chi connectivity index (χ0n) is 27.9. The van der Waals surface area contributed by atoms with Crippen molar-refractivity contribution in [2.45, 2.75) is 105 Å². The molecule has 4 atom stereocenters. The van der Waals surface area contributed by atoms with Crippen molar-refractivity contribution in [1.82, 2.24) is 10.6 Å². The molecule has 0 saturated carbocycles. The van der Waals surface area contributed by atoms with Crippen LogP contribution in [0.2, 0.25) is 0 Å². The van der Waals surface area contributed by atoms with Crippen LogP contribution in [0.3, 0.4) is 0 Å². The quantitative estimate of drug-likeness (QED) is 0.196. The van der Waals surface area contributed by atoms with Gasteiger partial charge in [0, 0.05) is 24.2 Å². The standard InChI is InChI=1S/2C18H29NO2/c2*1-13(2)11-12-16(18(20)21-5)17(19-14(3)4)15-9-7-6-8-10-15/h2*6-10,13-14,16-17,19H,11-12H2,1-5H3/t2*16-,17-/m00/s1. The summed E-state index contributed by atoms with van der Waals surface area (Å²) in [5.41, 5.74) is 2.29. The van der Waals surface area contributed by atoms with Crippen LogP contribution in [0.25, 0.3) is 0 Å². The first-order valence-electron chi connectivity index (χ1n) is 15.7. The lowest BCUT2D eigenvalue weighted by atomic mass is 9.87. The molecule has 2 aromatic carbocycles. The van der Waals surface area contributed by atoms with E-state index in [0.29, 0.717) is 23.9 Å². The van der Waals surface area contributed by atoms with Gasteiger partial charge in [0.2, 0.25) is 0 Å². The van der Waals surface area contributed by atoms with Gasteiger partial charge in [-0.2, -0.15) is 0 Å². The SMILES string of the molecule is COC(=O)[C@@H](CCC(C)C)[C@@H](NC(C)C)c1ccccc1.COC(=O)[C@@H](CCC(C)C)[C@@H](NC(C)C)c1ccccc1. The van der Waals surface area contributed by atoms with E-state index in [1.54, 1.807) is 0 Å². The third kappa shape index (κ3) is 14.0. The lowest BCUT2D eigenvalue weighted by Crippen LogP contribution is -2.37. The van der Waals surface area contributed by atoms with Gasteiger partial charge in [0.25, 0.3) is 0 Å². The molecule has 2 rings (SSSR count). The van der Waals surface area contributed by atoms with Crippen molar-refractivity contribution in [3.63, 3.8) is 0 Å². The monoisotopic (exact) mass is 582 g/mol. The third-order valence-corrected chi connectivity index (χ3v) is 7.27. The van der Waals surface area contributed by atoms with E-state index in [0.717, 1.165) is 36.8 Å². The highest BCUT2D eigenvalue weighted by Crippen LogP contribution is 2.30. The van der Waals surface area contributed by atoms with E-state index in [-0.39, 0.29) is 35.9 Å². The maximum absolute atomic E-state index is 12.3. The Kier molecular flexibility index (Phi) is 18.0. The fraction of sp³-hybridized carbons (Fsp3) is 0.611. The van der Waals surface area contributed by atoms with Crippen LogP contribution in [0.1, 0.15) is 104 Å². The lowest BCUT2D eigenvalue weighted by Gasteiger charge is -2.29. The van der Waals surface area contributed by atoms with Crippen molar-refractivity contribution in [3.05, 3.63) is 71.8 Å². The molecule has 6 heteroatoms. The largest absolute Gasteiger partial charge is 0.469 e. The Hall–Kier alpha value is -2.70. The molecule has 2 aromatic rings. The van der Waals surface area contributed by atoms with Crippen molar-refractivity contribution < 1.29 is 19.1 Å². The lowest BCUT2D eigenvalue weighted by molar-refractivity contribution is -0.148. The zero-order chi connectivity index (χ0) is 31.7. The summed E-state index contributed by atoms with van der Waals surface area (Å²) < 4.78 is 10.1. The van der Waals surface area contributed by atoms with Crippen LogP contribution in [0.5, 0.6) is 0 Å². The summed E-state index contributed by atoms with van der Waals surface area (Å²) in [6.07, 6.45) is 3.71. The molecular weight excluding hydrogens is 524 g/mol. The van der Waals surface area contributed by atoms with Gasteiger partial charge in [-0.1, -0.05) is 129 Å². The number of ether oxygens (including phenoxy) is 2. The van der Waals surface area contributed by atoms with Crippen LogP contribution in [-0.2, 0) is 19.1 Å². The molecule has 6 nitrogen and oxygen atoms in total. The zero-order valence-corrected chi connectivity index (χ0v) is 27.9. The Labute approximate surface area is 256 Å². The first kappa shape index (κ1) is 37.3. The molecule has 42 heavy (non-hydrogen) atoms. The molecule has 0 spiro atoms. The van der Waals surface area contributed by atoms with E-state index in [1.807, 2.05) is 36.4 Å². The van der Waals surface area contributed by atoms with E-state index in [1.165, 1.54) is 14.2 Å².